The predicted molar refractivity (Wildman–Crippen MR) is 68.1 cm³/mol. The summed E-state index contributed by atoms with van der Waals surface area (Å²) < 4.78 is 5.04. The number of carbonyl (C=O) groups excluding carboxylic acids is 1. The molecule has 0 bridgehead atoms. The van der Waals surface area contributed by atoms with Crippen LogP contribution in [0.25, 0.3) is 0 Å². The summed E-state index contributed by atoms with van der Waals surface area (Å²) in [6, 6.07) is 0.0499. The Hall–Kier alpha value is -1.36. The number of oxazole rings is 1. The minimum absolute atomic E-state index is 0.0499. The number of nitrogens with one attached hydrogen (secondary N) is 1. The minimum atomic E-state index is -0.178. The van der Waals surface area contributed by atoms with Crippen LogP contribution < -0.4 is 11.1 Å². The number of aryl methyl sites for hydroxylation is 1. The molecule has 18 heavy (non-hydrogen) atoms. The fraction of sp³-hybridized carbons (Fsp3) is 0.692. The summed E-state index contributed by atoms with van der Waals surface area (Å²) >= 11 is 0. The summed E-state index contributed by atoms with van der Waals surface area (Å²) in [4.78, 5) is 16.0. The molecule has 0 aliphatic heterocycles. The molecule has 1 atom stereocenters. The van der Waals surface area contributed by atoms with Gasteiger partial charge in [-0.25, -0.2) is 4.98 Å². The molecule has 0 radical (unpaired) electrons. The van der Waals surface area contributed by atoms with Crippen LogP contribution in [0.4, 0.5) is 0 Å². The van der Waals surface area contributed by atoms with Crippen LogP contribution in [0.3, 0.4) is 0 Å². The lowest BCUT2D eigenvalue weighted by atomic mass is 9.84. The number of carbonyl (C=O) groups is 1. The lowest BCUT2D eigenvalue weighted by Crippen LogP contribution is -2.46. The molecule has 1 fully saturated rings. The number of amides is 1. The van der Waals surface area contributed by atoms with Gasteiger partial charge in [-0.05, 0) is 25.7 Å². The second-order valence-electron chi connectivity index (χ2n) is 4.97. The van der Waals surface area contributed by atoms with Gasteiger partial charge in [-0.2, -0.15) is 0 Å². The SMILES string of the molecule is Cc1ocnc1C(=O)NC(CN)C1CCCCC1. The Labute approximate surface area is 107 Å². The smallest absolute Gasteiger partial charge is 0.273 e. The summed E-state index contributed by atoms with van der Waals surface area (Å²) in [5.41, 5.74) is 6.15. The quantitative estimate of drug-likeness (QED) is 0.852. The van der Waals surface area contributed by atoms with Gasteiger partial charge < -0.3 is 15.5 Å². The van der Waals surface area contributed by atoms with Gasteiger partial charge in [0.2, 0.25) is 0 Å². The first kappa shape index (κ1) is 13.1. The van der Waals surface area contributed by atoms with Crippen molar-refractivity contribution < 1.29 is 9.21 Å². The lowest BCUT2D eigenvalue weighted by Gasteiger charge is -2.29. The molecule has 1 unspecified atom stereocenters. The van der Waals surface area contributed by atoms with E-state index in [1.165, 1.54) is 25.7 Å². The highest BCUT2D eigenvalue weighted by Gasteiger charge is 2.25. The highest BCUT2D eigenvalue weighted by molar-refractivity contribution is 5.93. The Morgan fingerprint density at radius 3 is 2.83 bits per heavy atom. The molecular weight excluding hydrogens is 230 g/mol. The molecule has 1 aliphatic carbocycles. The van der Waals surface area contributed by atoms with Crippen LogP contribution in [0.1, 0.15) is 48.4 Å². The van der Waals surface area contributed by atoms with Crippen molar-refractivity contribution in [3.63, 3.8) is 0 Å². The topological polar surface area (TPSA) is 81.2 Å². The van der Waals surface area contributed by atoms with Gasteiger partial charge in [-0.15, -0.1) is 0 Å². The lowest BCUT2D eigenvalue weighted by molar-refractivity contribution is 0.0909. The van der Waals surface area contributed by atoms with Gasteiger partial charge in [-0.1, -0.05) is 19.3 Å². The first-order valence-electron chi connectivity index (χ1n) is 6.63. The van der Waals surface area contributed by atoms with Crippen LogP contribution in [0.2, 0.25) is 0 Å². The molecule has 0 spiro atoms. The molecular formula is C13H21N3O2. The Balaban J connectivity index is 1.97. The van der Waals surface area contributed by atoms with E-state index in [9.17, 15) is 4.79 Å². The largest absolute Gasteiger partial charge is 0.448 e. The molecule has 5 heteroatoms. The third-order valence-electron chi connectivity index (χ3n) is 3.75. The molecule has 1 heterocycles. The van der Waals surface area contributed by atoms with E-state index in [4.69, 9.17) is 10.2 Å². The van der Waals surface area contributed by atoms with Crippen LogP contribution in [-0.4, -0.2) is 23.5 Å². The zero-order valence-corrected chi connectivity index (χ0v) is 10.8. The molecule has 1 aromatic heterocycles. The Bertz CT molecular complexity index is 397. The number of nitrogens with two attached hydrogens (primary N) is 1. The minimum Gasteiger partial charge on any atom is -0.448 e. The van der Waals surface area contributed by atoms with Gasteiger partial charge in [0.05, 0.1) is 0 Å². The summed E-state index contributed by atoms with van der Waals surface area (Å²) in [6.07, 6.45) is 7.37. The molecule has 2 rings (SSSR count). The van der Waals surface area contributed by atoms with Crippen molar-refractivity contribution in [3.8, 4) is 0 Å². The van der Waals surface area contributed by atoms with E-state index in [0.29, 0.717) is 23.9 Å². The molecule has 0 saturated heterocycles. The van der Waals surface area contributed by atoms with Gasteiger partial charge in [0.1, 0.15) is 5.76 Å². The number of hydrogen-bond donors (Lipinski definition) is 2. The van der Waals surface area contributed by atoms with E-state index in [1.807, 2.05) is 0 Å². The summed E-state index contributed by atoms with van der Waals surface area (Å²) in [5.74, 6) is 0.870. The van der Waals surface area contributed by atoms with Crippen molar-refractivity contribution in [3.05, 3.63) is 17.8 Å². The van der Waals surface area contributed by atoms with Crippen molar-refractivity contribution in [2.45, 2.75) is 45.1 Å². The van der Waals surface area contributed by atoms with E-state index in [0.717, 1.165) is 12.8 Å². The van der Waals surface area contributed by atoms with Gasteiger partial charge >= 0.3 is 0 Å². The van der Waals surface area contributed by atoms with E-state index in [1.54, 1.807) is 6.92 Å². The normalized spacial score (nSPS) is 18.6. The Kier molecular flexibility index (Phi) is 4.36. The van der Waals surface area contributed by atoms with E-state index < -0.39 is 0 Å². The molecule has 3 N–H and O–H groups in total. The van der Waals surface area contributed by atoms with E-state index in [2.05, 4.69) is 10.3 Å². The average Bonchev–Trinajstić information content (AvgIpc) is 2.83. The molecule has 0 aromatic carbocycles. The molecule has 1 amide bonds. The van der Waals surface area contributed by atoms with Crippen molar-refractivity contribution in [1.82, 2.24) is 10.3 Å². The van der Waals surface area contributed by atoms with Crippen LogP contribution >= 0.6 is 0 Å². The van der Waals surface area contributed by atoms with Gasteiger partial charge in [0.25, 0.3) is 5.91 Å². The predicted octanol–water partition coefficient (Wildman–Crippen LogP) is 1.62. The van der Waals surface area contributed by atoms with Crippen molar-refractivity contribution in [2.24, 2.45) is 11.7 Å². The maximum atomic E-state index is 12.0. The van der Waals surface area contributed by atoms with Gasteiger partial charge in [0, 0.05) is 12.6 Å². The van der Waals surface area contributed by atoms with Crippen LogP contribution in [0.15, 0.2) is 10.8 Å². The van der Waals surface area contributed by atoms with E-state index in [-0.39, 0.29) is 11.9 Å². The third kappa shape index (κ3) is 2.90. The molecule has 1 aromatic rings. The monoisotopic (exact) mass is 251 g/mol. The van der Waals surface area contributed by atoms with Crippen LogP contribution in [0, 0.1) is 12.8 Å². The number of nitrogens with zero attached hydrogens (tertiary/aromatic N) is 1. The Morgan fingerprint density at radius 1 is 1.56 bits per heavy atom. The molecule has 1 aliphatic rings. The molecule has 5 nitrogen and oxygen atoms in total. The van der Waals surface area contributed by atoms with Crippen LogP contribution in [0.5, 0.6) is 0 Å². The third-order valence-corrected chi connectivity index (χ3v) is 3.75. The van der Waals surface area contributed by atoms with Gasteiger partial charge in [0.15, 0.2) is 12.1 Å². The van der Waals surface area contributed by atoms with Crippen molar-refractivity contribution in [2.75, 3.05) is 6.54 Å². The number of aromatic nitrogens is 1. The second kappa shape index (κ2) is 6.00. The standard InChI is InChI=1S/C13H21N3O2/c1-9-12(15-8-18-9)13(17)16-11(7-14)10-5-3-2-4-6-10/h8,10-11H,2-7,14H2,1H3,(H,16,17). The highest BCUT2D eigenvalue weighted by atomic mass is 16.3. The fourth-order valence-corrected chi connectivity index (χ4v) is 2.67. The Morgan fingerprint density at radius 2 is 2.28 bits per heavy atom. The van der Waals surface area contributed by atoms with Crippen LogP contribution in [-0.2, 0) is 0 Å². The number of rotatable bonds is 4. The number of hydrogen-bond acceptors (Lipinski definition) is 4. The summed E-state index contributed by atoms with van der Waals surface area (Å²) in [5, 5.41) is 2.99. The van der Waals surface area contributed by atoms with E-state index >= 15 is 0 Å². The van der Waals surface area contributed by atoms with Crippen molar-refractivity contribution >= 4 is 5.91 Å². The molecule has 100 valence electrons. The maximum Gasteiger partial charge on any atom is 0.273 e. The maximum absolute atomic E-state index is 12.0. The summed E-state index contributed by atoms with van der Waals surface area (Å²) in [7, 11) is 0. The average molecular weight is 251 g/mol. The van der Waals surface area contributed by atoms with Crippen molar-refractivity contribution in [1.29, 1.82) is 0 Å². The molecule has 1 saturated carbocycles. The highest BCUT2D eigenvalue weighted by Crippen LogP contribution is 2.26. The fourth-order valence-electron chi connectivity index (χ4n) is 2.67. The second-order valence-corrected chi connectivity index (χ2v) is 4.97. The first-order chi connectivity index (χ1) is 8.72. The van der Waals surface area contributed by atoms with Gasteiger partial charge in [-0.3, -0.25) is 4.79 Å². The zero-order chi connectivity index (χ0) is 13.0. The summed E-state index contributed by atoms with van der Waals surface area (Å²) in [6.45, 7) is 2.22. The first-order valence-corrected chi connectivity index (χ1v) is 6.63. The zero-order valence-electron chi connectivity index (χ0n) is 10.8.